The van der Waals surface area contributed by atoms with Crippen molar-refractivity contribution in [3.05, 3.63) is 18.0 Å². The molecule has 1 heterocycles. The molecule has 0 aliphatic carbocycles. The maximum atomic E-state index is 11.5. The van der Waals surface area contributed by atoms with Crippen LogP contribution in [-0.2, 0) is 6.18 Å². The Bertz CT molecular complexity index is 183. The van der Waals surface area contributed by atoms with Crippen molar-refractivity contribution in [2.24, 2.45) is 0 Å². The van der Waals surface area contributed by atoms with Crippen molar-refractivity contribution in [1.82, 2.24) is 5.16 Å². The Balaban J connectivity index is 0.000000810. The number of hydrogen-bond donors (Lipinski definition) is 0. The highest BCUT2D eigenvalue weighted by Gasteiger charge is 2.34. The van der Waals surface area contributed by atoms with Gasteiger partial charge in [0, 0.05) is 6.07 Å². The molecule has 0 aromatic carbocycles. The summed E-state index contributed by atoms with van der Waals surface area (Å²) in [5, 5.41) is 2.89. The van der Waals surface area contributed by atoms with E-state index in [1.807, 2.05) is 0 Å². The van der Waals surface area contributed by atoms with E-state index in [0.717, 1.165) is 12.3 Å². The van der Waals surface area contributed by atoms with Crippen LogP contribution in [0.25, 0.3) is 0 Å². The van der Waals surface area contributed by atoms with Crippen LogP contribution in [-0.4, -0.2) is 5.16 Å². The van der Waals surface area contributed by atoms with E-state index in [-0.39, 0.29) is 12.4 Å². The van der Waals surface area contributed by atoms with Crippen molar-refractivity contribution >= 4 is 12.4 Å². The van der Waals surface area contributed by atoms with Gasteiger partial charge in [0.05, 0.1) is 6.20 Å². The molecule has 0 atom stereocenters. The third kappa shape index (κ3) is 1.91. The molecule has 10 heavy (non-hydrogen) atoms. The van der Waals surface area contributed by atoms with E-state index in [0.29, 0.717) is 0 Å². The molecule has 0 bridgehead atoms. The summed E-state index contributed by atoms with van der Waals surface area (Å²) in [5.74, 6) is -1.07. The molecule has 2 nitrogen and oxygen atoms in total. The van der Waals surface area contributed by atoms with E-state index >= 15 is 0 Å². The Kier molecular flexibility index (Phi) is 2.71. The lowest BCUT2D eigenvalue weighted by Crippen LogP contribution is -2.01. The van der Waals surface area contributed by atoms with Crippen LogP contribution in [0.2, 0.25) is 0 Å². The van der Waals surface area contributed by atoms with Crippen molar-refractivity contribution in [3.8, 4) is 0 Å². The zero-order valence-corrected chi connectivity index (χ0v) is 5.37. The first-order valence-electron chi connectivity index (χ1n) is 2.08. The predicted molar refractivity (Wildman–Crippen MR) is 28.8 cm³/mol. The van der Waals surface area contributed by atoms with Crippen LogP contribution in [0.4, 0.5) is 13.2 Å². The molecule has 0 aliphatic rings. The second kappa shape index (κ2) is 2.92. The molecule has 0 amide bonds. The normalized spacial score (nSPS) is 10.7. The number of rotatable bonds is 0. The minimum atomic E-state index is -4.41. The molecule has 0 saturated heterocycles. The summed E-state index contributed by atoms with van der Waals surface area (Å²) in [5.41, 5.74) is 0. The van der Waals surface area contributed by atoms with Crippen LogP contribution in [0.3, 0.4) is 0 Å². The smallest absolute Gasteiger partial charge is 0.352 e. The fraction of sp³-hybridized carbons (Fsp3) is 0.250. The molecule has 0 saturated carbocycles. The van der Waals surface area contributed by atoms with Crippen molar-refractivity contribution in [2.75, 3.05) is 0 Å². The fourth-order valence-corrected chi connectivity index (χ4v) is 0.362. The maximum Gasteiger partial charge on any atom is 0.452 e. The Hall–Kier alpha value is -0.710. The van der Waals surface area contributed by atoms with Crippen molar-refractivity contribution in [1.29, 1.82) is 0 Å². The first-order valence-corrected chi connectivity index (χ1v) is 2.08. The van der Waals surface area contributed by atoms with Gasteiger partial charge in [-0.1, -0.05) is 5.16 Å². The van der Waals surface area contributed by atoms with Crippen LogP contribution in [0.15, 0.2) is 16.8 Å². The molecule has 0 radical (unpaired) electrons. The summed E-state index contributed by atoms with van der Waals surface area (Å²) in [7, 11) is 0. The largest absolute Gasteiger partial charge is 0.452 e. The molecular formula is C4H3ClF3NO. The lowest BCUT2D eigenvalue weighted by molar-refractivity contribution is -0.155. The van der Waals surface area contributed by atoms with Crippen LogP contribution in [0.1, 0.15) is 5.76 Å². The first kappa shape index (κ1) is 9.29. The van der Waals surface area contributed by atoms with Gasteiger partial charge >= 0.3 is 6.18 Å². The molecule has 1 aromatic rings. The van der Waals surface area contributed by atoms with Crippen molar-refractivity contribution in [3.63, 3.8) is 0 Å². The molecule has 1 aromatic heterocycles. The van der Waals surface area contributed by atoms with Gasteiger partial charge in [-0.3, -0.25) is 0 Å². The third-order valence-corrected chi connectivity index (χ3v) is 0.717. The second-order valence-electron chi connectivity index (χ2n) is 1.37. The summed E-state index contributed by atoms with van der Waals surface area (Å²) >= 11 is 0. The van der Waals surface area contributed by atoms with Gasteiger partial charge in [-0.2, -0.15) is 13.2 Å². The predicted octanol–water partition coefficient (Wildman–Crippen LogP) is 2.12. The fourth-order valence-electron chi connectivity index (χ4n) is 0.362. The van der Waals surface area contributed by atoms with Crippen LogP contribution >= 0.6 is 12.4 Å². The Morgan fingerprint density at radius 3 is 2.20 bits per heavy atom. The average Bonchev–Trinajstić information content (AvgIpc) is 2.08. The van der Waals surface area contributed by atoms with Gasteiger partial charge in [-0.05, 0) is 0 Å². The summed E-state index contributed by atoms with van der Waals surface area (Å²) in [6.45, 7) is 0. The lowest BCUT2D eigenvalue weighted by Gasteiger charge is -1.96. The van der Waals surface area contributed by atoms with Crippen LogP contribution in [0.5, 0.6) is 0 Å². The van der Waals surface area contributed by atoms with Gasteiger partial charge in [-0.15, -0.1) is 12.4 Å². The monoisotopic (exact) mass is 173 g/mol. The minimum absolute atomic E-state index is 0. The van der Waals surface area contributed by atoms with Gasteiger partial charge < -0.3 is 4.52 Å². The average molecular weight is 174 g/mol. The number of alkyl halides is 3. The molecule has 58 valence electrons. The van der Waals surface area contributed by atoms with Crippen LogP contribution in [0, 0.1) is 0 Å². The van der Waals surface area contributed by atoms with Gasteiger partial charge in [-0.25, -0.2) is 0 Å². The number of halogens is 4. The minimum Gasteiger partial charge on any atom is -0.352 e. The van der Waals surface area contributed by atoms with Gasteiger partial charge in [0.15, 0.2) is 0 Å². The standard InChI is InChI=1S/C4H2F3NO.ClH/c5-4(6,7)3-1-2-8-9-3;/h1-2H;1H. The van der Waals surface area contributed by atoms with E-state index in [4.69, 9.17) is 0 Å². The summed E-state index contributed by atoms with van der Waals surface area (Å²) in [6.07, 6.45) is -3.46. The van der Waals surface area contributed by atoms with E-state index in [1.165, 1.54) is 0 Å². The van der Waals surface area contributed by atoms with Gasteiger partial charge in [0.1, 0.15) is 0 Å². The van der Waals surface area contributed by atoms with Gasteiger partial charge in [0.2, 0.25) is 5.76 Å². The topological polar surface area (TPSA) is 26.0 Å². The maximum absolute atomic E-state index is 11.5. The van der Waals surface area contributed by atoms with Crippen LogP contribution < -0.4 is 0 Å². The first-order chi connectivity index (χ1) is 4.11. The van der Waals surface area contributed by atoms with E-state index in [9.17, 15) is 13.2 Å². The number of hydrogen-bond acceptors (Lipinski definition) is 2. The number of nitrogens with zero attached hydrogens (tertiary/aromatic N) is 1. The molecule has 0 spiro atoms. The van der Waals surface area contributed by atoms with Crippen molar-refractivity contribution in [2.45, 2.75) is 6.18 Å². The molecule has 1 rings (SSSR count). The summed E-state index contributed by atoms with van der Waals surface area (Å²) in [6, 6.07) is 0.764. The molecule has 0 aliphatic heterocycles. The Labute approximate surface area is 60.4 Å². The zero-order valence-electron chi connectivity index (χ0n) is 4.55. The molecular weight excluding hydrogens is 170 g/mol. The zero-order chi connectivity index (χ0) is 6.91. The molecule has 0 unspecified atom stereocenters. The molecule has 6 heteroatoms. The molecule has 0 fully saturated rings. The van der Waals surface area contributed by atoms with E-state index in [2.05, 4.69) is 9.68 Å². The molecule has 0 N–H and O–H groups in total. The highest BCUT2D eigenvalue weighted by atomic mass is 35.5. The van der Waals surface area contributed by atoms with E-state index < -0.39 is 11.9 Å². The highest BCUT2D eigenvalue weighted by Crippen LogP contribution is 2.28. The Morgan fingerprint density at radius 1 is 1.40 bits per heavy atom. The second-order valence-corrected chi connectivity index (χ2v) is 1.37. The van der Waals surface area contributed by atoms with Gasteiger partial charge in [0.25, 0.3) is 0 Å². The lowest BCUT2D eigenvalue weighted by atomic mass is 10.5. The van der Waals surface area contributed by atoms with E-state index in [1.54, 1.807) is 0 Å². The SMILES string of the molecule is Cl.FC(F)(F)c1ccno1. The third-order valence-electron chi connectivity index (χ3n) is 0.717. The highest BCUT2D eigenvalue weighted by molar-refractivity contribution is 5.85. The summed E-state index contributed by atoms with van der Waals surface area (Å²) in [4.78, 5) is 0. The summed E-state index contributed by atoms with van der Waals surface area (Å²) < 4.78 is 38.3. The number of aromatic nitrogens is 1. The quantitative estimate of drug-likeness (QED) is 0.601. The Morgan fingerprint density at radius 2 is 2.00 bits per heavy atom. The van der Waals surface area contributed by atoms with Crippen molar-refractivity contribution < 1.29 is 17.7 Å².